The molecule has 1 aromatic carbocycles. The number of aliphatic carboxylic acids is 1. The van der Waals surface area contributed by atoms with Gasteiger partial charge >= 0.3 is 11.9 Å². The fourth-order valence-corrected chi connectivity index (χ4v) is 2.48. The number of nitrogens with zero attached hydrogens (tertiary/aromatic N) is 1. The highest BCUT2D eigenvalue weighted by atomic mass is 32.2. The summed E-state index contributed by atoms with van der Waals surface area (Å²) in [5, 5.41) is 8.70. The van der Waals surface area contributed by atoms with Crippen LogP contribution >= 0.6 is 0 Å². The van der Waals surface area contributed by atoms with E-state index in [4.69, 9.17) is 9.84 Å². The highest BCUT2D eigenvalue weighted by Crippen LogP contribution is 2.19. The van der Waals surface area contributed by atoms with Crippen LogP contribution in [0.1, 0.15) is 5.56 Å². The van der Waals surface area contributed by atoms with Crippen LogP contribution in [0.5, 0.6) is 5.75 Å². The fourth-order valence-electron chi connectivity index (χ4n) is 1.51. The molecule has 0 aromatic heterocycles. The van der Waals surface area contributed by atoms with E-state index >= 15 is 0 Å². The van der Waals surface area contributed by atoms with Crippen LogP contribution in [0.2, 0.25) is 0 Å². The maximum absolute atomic E-state index is 11.7. The standard InChI is InChI=1S/C12H9NO6S/c1-7-3-2-4-8(5-7)19-12(16)9-6-10(11(14)15)20(17,18)13-9/h2-6H,1H3,(H,14,15). The number of benzene rings is 1. The Morgan fingerprint density at radius 2 is 2.00 bits per heavy atom. The summed E-state index contributed by atoms with van der Waals surface area (Å²) in [5.41, 5.74) is 0.280. The normalized spacial score (nSPS) is 16.2. The lowest BCUT2D eigenvalue weighted by atomic mass is 10.2. The van der Waals surface area contributed by atoms with Crippen LogP contribution in [-0.2, 0) is 19.6 Å². The minimum Gasteiger partial charge on any atom is -0.477 e. The molecule has 1 heterocycles. The number of esters is 1. The lowest BCUT2D eigenvalue weighted by molar-refractivity contribution is -0.131. The zero-order valence-corrected chi connectivity index (χ0v) is 11.0. The largest absolute Gasteiger partial charge is 0.477 e. The molecule has 0 unspecified atom stereocenters. The second-order valence-corrected chi connectivity index (χ2v) is 5.54. The number of ether oxygens (including phenoxy) is 1. The lowest BCUT2D eigenvalue weighted by Crippen LogP contribution is -2.17. The fraction of sp³-hybridized carbons (Fsp3) is 0.0833. The second kappa shape index (κ2) is 4.89. The average molecular weight is 295 g/mol. The summed E-state index contributed by atoms with van der Waals surface area (Å²) in [6.45, 7) is 1.79. The van der Waals surface area contributed by atoms with Gasteiger partial charge < -0.3 is 9.84 Å². The predicted octanol–water partition coefficient (Wildman–Crippen LogP) is 0.653. The van der Waals surface area contributed by atoms with E-state index in [0.29, 0.717) is 6.08 Å². The van der Waals surface area contributed by atoms with Gasteiger partial charge in [-0.2, -0.15) is 12.8 Å². The lowest BCUT2D eigenvalue weighted by Gasteiger charge is -2.02. The number of aryl methyl sites for hydroxylation is 1. The van der Waals surface area contributed by atoms with Gasteiger partial charge in [0.1, 0.15) is 5.75 Å². The Bertz CT molecular complexity index is 760. The van der Waals surface area contributed by atoms with Crippen LogP contribution in [0.3, 0.4) is 0 Å². The molecule has 0 amide bonds. The van der Waals surface area contributed by atoms with Gasteiger partial charge in [0, 0.05) is 6.08 Å². The van der Waals surface area contributed by atoms with Crippen molar-refractivity contribution >= 4 is 27.7 Å². The van der Waals surface area contributed by atoms with Crippen LogP contribution < -0.4 is 4.74 Å². The Morgan fingerprint density at radius 3 is 2.55 bits per heavy atom. The van der Waals surface area contributed by atoms with Crippen LogP contribution in [0.4, 0.5) is 0 Å². The maximum Gasteiger partial charge on any atom is 0.363 e. The van der Waals surface area contributed by atoms with Crippen LogP contribution in [-0.4, -0.2) is 31.2 Å². The number of carboxylic acids is 1. The maximum atomic E-state index is 11.7. The van der Waals surface area contributed by atoms with Crippen molar-refractivity contribution < 1.29 is 27.9 Å². The monoisotopic (exact) mass is 295 g/mol. The number of carbonyl (C=O) groups is 2. The molecule has 0 bridgehead atoms. The summed E-state index contributed by atoms with van der Waals surface area (Å²) in [6, 6.07) is 6.53. The average Bonchev–Trinajstić information content (AvgIpc) is 2.65. The number of carboxylic acid groups (broad SMARTS) is 1. The van der Waals surface area contributed by atoms with E-state index in [-0.39, 0.29) is 5.75 Å². The molecule has 0 atom stereocenters. The van der Waals surface area contributed by atoms with Crippen LogP contribution in [0, 0.1) is 6.92 Å². The summed E-state index contributed by atoms with van der Waals surface area (Å²) in [6.07, 6.45) is 0.676. The first-order valence-electron chi connectivity index (χ1n) is 5.38. The third kappa shape index (κ3) is 2.75. The van der Waals surface area contributed by atoms with E-state index in [9.17, 15) is 18.0 Å². The first-order valence-corrected chi connectivity index (χ1v) is 6.82. The summed E-state index contributed by atoms with van der Waals surface area (Å²) in [7, 11) is -4.33. The molecule has 0 saturated carbocycles. The summed E-state index contributed by atoms with van der Waals surface area (Å²) < 4.78 is 30.8. The van der Waals surface area contributed by atoms with E-state index in [1.807, 2.05) is 0 Å². The Labute approximate surface area is 114 Å². The predicted molar refractivity (Wildman–Crippen MR) is 68.9 cm³/mol. The molecule has 0 radical (unpaired) electrons. The van der Waals surface area contributed by atoms with Crippen LogP contribution in [0.15, 0.2) is 39.6 Å². The molecule has 0 spiro atoms. The van der Waals surface area contributed by atoms with Gasteiger partial charge in [-0.15, -0.1) is 0 Å². The molecule has 7 nitrogen and oxygen atoms in total. The van der Waals surface area contributed by atoms with E-state index in [0.717, 1.165) is 5.56 Å². The number of rotatable bonds is 3. The third-order valence-electron chi connectivity index (χ3n) is 2.38. The van der Waals surface area contributed by atoms with Gasteiger partial charge in [-0.25, -0.2) is 9.59 Å². The van der Waals surface area contributed by atoms with Gasteiger partial charge in [0.15, 0.2) is 10.6 Å². The Balaban J connectivity index is 2.26. The molecule has 2 rings (SSSR count). The quantitative estimate of drug-likeness (QED) is 0.647. The van der Waals surface area contributed by atoms with Crippen molar-refractivity contribution in [1.82, 2.24) is 0 Å². The van der Waals surface area contributed by atoms with Crippen molar-refractivity contribution in [3.05, 3.63) is 40.8 Å². The molecule has 0 saturated heterocycles. The first-order chi connectivity index (χ1) is 9.29. The van der Waals surface area contributed by atoms with Gasteiger partial charge in [-0.3, -0.25) is 0 Å². The minimum atomic E-state index is -4.33. The Morgan fingerprint density at radius 1 is 1.30 bits per heavy atom. The molecular formula is C12H9NO6S. The molecule has 1 aliphatic rings. The molecule has 1 N–H and O–H groups in total. The van der Waals surface area contributed by atoms with E-state index in [1.54, 1.807) is 25.1 Å². The molecular weight excluding hydrogens is 286 g/mol. The summed E-state index contributed by atoms with van der Waals surface area (Å²) in [5.74, 6) is -2.49. The van der Waals surface area contributed by atoms with Gasteiger partial charge in [0.2, 0.25) is 0 Å². The van der Waals surface area contributed by atoms with Crippen molar-refractivity contribution in [3.8, 4) is 5.75 Å². The second-order valence-electron chi connectivity index (χ2n) is 3.97. The number of hydrogen-bond acceptors (Lipinski definition) is 5. The zero-order chi connectivity index (χ0) is 14.9. The summed E-state index contributed by atoms with van der Waals surface area (Å²) in [4.78, 5) is 21.5. The first kappa shape index (κ1) is 13.9. The van der Waals surface area contributed by atoms with Crippen molar-refractivity contribution in [2.24, 2.45) is 4.40 Å². The van der Waals surface area contributed by atoms with Crippen LogP contribution in [0.25, 0.3) is 0 Å². The highest BCUT2D eigenvalue weighted by Gasteiger charge is 2.33. The highest BCUT2D eigenvalue weighted by molar-refractivity contribution is 7.95. The SMILES string of the molecule is Cc1cccc(OC(=O)C2=NS(=O)(=O)C(C(=O)O)=C2)c1. The van der Waals surface area contributed by atoms with E-state index in [2.05, 4.69) is 4.40 Å². The molecule has 0 aliphatic carbocycles. The van der Waals surface area contributed by atoms with Gasteiger partial charge in [0.25, 0.3) is 10.0 Å². The number of sulfonamides is 1. The molecule has 8 heteroatoms. The Hall–Kier alpha value is -2.48. The smallest absolute Gasteiger partial charge is 0.363 e. The number of hydrogen-bond donors (Lipinski definition) is 1. The van der Waals surface area contributed by atoms with Crippen molar-refractivity contribution in [3.63, 3.8) is 0 Å². The summed E-state index contributed by atoms with van der Waals surface area (Å²) >= 11 is 0. The molecule has 20 heavy (non-hydrogen) atoms. The van der Waals surface area contributed by atoms with Gasteiger partial charge in [-0.1, -0.05) is 12.1 Å². The molecule has 0 fully saturated rings. The molecule has 104 valence electrons. The van der Waals surface area contributed by atoms with Crippen molar-refractivity contribution in [1.29, 1.82) is 0 Å². The molecule has 1 aromatic rings. The topological polar surface area (TPSA) is 110 Å². The van der Waals surface area contributed by atoms with Crippen molar-refractivity contribution in [2.75, 3.05) is 0 Å². The van der Waals surface area contributed by atoms with E-state index < -0.39 is 32.6 Å². The Kier molecular flexibility index (Phi) is 3.41. The zero-order valence-electron chi connectivity index (χ0n) is 10.2. The van der Waals surface area contributed by atoms with E-state index in [1.165, 1.54) is 6.07 Å². The number of carbonyl (C=O) groups excluding carboxylic acids is 1. The molecule has 1 aliphatic heterocycles. The minimum absolute atomic E-state index is 0.215. The van der Waals surface area contributed by atoms with Gasteiger partial charge in [0.05, 0.1) is 0 Å². The van der Waals surface area contributed by atoms with Crippen molar-refractivity contribution in [2.45, 2.75) is 6.92 Å². The third-order valence-corrected chi connectivity index (χ3v) is 3.67. The van der Waals surface area contributed by atoms with Gasteiger partial charge in [-0.05, 0) is 24.6 Å².